The number of rotatable bonds is 10. The van der Waals surface area contributed by atoms with Gasteiger partial charge in [0.15, 0.2) is 18.4 Å². The minimum absolute atomic E-state index is 0.0195. The predicted molar refractivity (Wildman–Crippen MR) is 264 cm³/mol. The van der Waals surface area contributed by atoms with Crippen LogP contribution in [0.5, 0.6) is 0 Å². The number of quaternary nitrogens is 1. The minimum atomic E-state index is -1.83. The molecule has 0 radical (unpaired) electrons. The van der Waals surface area contributed by atoms with E-state index in [9.17, 15) is 24.9 Å². The van der Waals surface area contributed by atoms with Crippen LogP contribution >= 0.6 is 0 Å². The first kappa shape index (κ1) is 56.1. The number of fused-ring (bicyclic) bond motifs is 2. The summed E-state index contributed by atoms with van der Waals surface area (Å²) in [5.41, 5.74) is 0.407. The Morgan fingerprint density at radius 1 is 0.917 bits per heavy atom. The standard InChI is InChI=1S/C49H75NO13.C7H6O2/c1-12-26(2)44-29(5)18-19-48(63-44)24-35-21-34(62-48)17-16-28(4)43(27(3)14-13-15-33-25-56-46-42(51)30(6)20-36(47(52)59-35)49(33,46)53)60-40-23-38(55-11)45(32(8)58-40)61-39-22-37(54-10)41(50-9)31(7)57-39;8-7(9)6-4-2-1-3-5-6/h13-16,18-20,26-27,29,31-32,34-46,50-51,53H,12,17,21-25H2,1-11H3;1-5H,(H,8,9)/b14-13+,28-16?,33-15+;/t26-,27-,29-,31-,32-,34+,35-,36-,37-,38-,39-,40-,41-,42+,43-,44+,45-,46+,48+,49+;/m0./s1. The summed E-state index contributed by atoms with van der Waals surface area (Å²) in [5, 5.41) is 36.0. The van der Waals surface area contributed by atoms with E-state index >= 15 is 0 Å². The summed E-state index contributed by atoms with van der Waals surface area (Å²) < 4.78 is 64.7. The van der Waals surface area contributed by atoms with Crippen molar-refractivity contribution in [3.8, 4) is 0 Å². The third kappa shape index (κ3) is 12.4. The largest absolute Gasteiger partial charge is 0.545 e. The normalized spacial score (nSPS) is 42.9. The lowest BCUT2D eigenvalue weighted by Gasteiger charge is -2.48. The molecular weight excluding hydrogens is 927 g/mol. The van der Waals surface area contributed by atoms with Gasteiger partial charge in [0.1, 0.15) is 54.2 Å². The maximum atomic E-state index is 14.4. The highest BCUT2D eigenvalue weighted by Gasteiger charge is 2.60. The first-order valence-corrected chi connectivity index (χ1v) is 26.1. The number of hydrogen-bond donors (Lipinski definition) is 3. The van der Waals surface area contributed by atoms with Crippen LogP contribution in [0, 0.1) is 23.7 Å². The van der Waals surface area contributed by atoms with Crippen molar-refractivity contribution < 1.29 is 77.6 Å². The summed E-state index contributed by atoms with van der Waals surface area (Å²) in [7, 11) is 5.45. The number of benzene rings is 1. The second kappa shape index (κ2) is 24.4. The molecule has 4 N–H and O–H groups in total. The Bertz CT molecular complexity index is 2140. The number of aliphatic hydroxyl groups is 2. The molecular formula is C56H81NO15. The summed E-state index contributed by atoms with van der Waals surface area (Å²) in [6.07, 6.45) is 11.0. The van der Waals surface area contributed by atoms with E-state index in [2.05, 4.69) is 52.1 Å². The van der Waals surface area contributed by atoms with E-state index in [4.69, 9.17) is 47.4 Å². The lowest BCUT2D eigenvalue weighted by Crippen LogP contribution is -2.92. The highest BCUT2D eigenvalue weighted by molar-refractivity contribution is 5.85. The van der Waals surface area contributed by atoms with E-state index in [0.717, 1.165) is 12.0 Å². The van der Waals surface area contributed by atoms with Gasteiger partial charge >= 0.3 is 5.97 Å². The van der Waals surface area contributed by atoms with Gasteiger partial charge in [-0.2, -0.15) is 0 Å². The average molecular weight is 1010 g/mol. The zero-order valence-electron chi connectivity index (χ0n) is 44.0. The van der Waals surface area contributed by atoms with E-state index in [1.54, 1.807) is 51.5 Å². The molecule has 2 bridgehead atoms. The van der Waals surface area contributed by atoms with Crippen molar-refractivity contribution in [1.29, 1.82) is 0 Å². The lowest BCUT2D eigenvalue weighted by molar-refractivity contribution is -0.685. The Morgan fingerprint density at radius 2 is 1.61 bits per heavy atom. The third-order valence-electron chi connectivity index (χ3n) is 16.0. The van der Waals surface area contributed by atoms with E-state index in [-0.39, 0.29) is 72.6 Å². The maximum absolute atomic E-state index is 14.4. The molecule has 1 aromatic rings. The number of likely N-dealkylation sites (N-methyl/N-ethyl adjacent to an activating group) is 1. The lowest BCUT2D eigenvalue weighted by atomic mass is 9.71. The van der Waals surface area contributed by atoms with Gasteiger partial charge in [-0.05, 0) is 68.4 Å². The highest BCUT2D eigenvalue weighted by Crippen LogP contribution is 2.47. The first-order valence-electron chi connectivity index (χ1n) is 26.1. The number of hydrogen-bond acceptors (Lipinski definition) is 15. The van der Waals surface area contributed by atoms with Crippen molar-refractivity contribution in [3.63, 3.8) is 0 Å². The van der Waals surface area contributed by atoms with Crippen LogP contribution in [0.3, 0.4) is 0 Å². The van der Waals surface area contributed by atoms with E-state index < -0.39 is 72.3 Å². The SMILES string of the molecule is CC[C@H](C)[C@H]1O[C@]2(C=C[C@@H]1C)C[C@@H]1C[C@@H](CC=C(C)[C@@H](O[C@H]3C[C@H](OC)[C@@H](O[C@H]4C[C@H](OC)[C@@H]([NH2+]C)[C@H](C)O4)[C@H](C)O3)[C@@H](C)/C=C/C=C3\CO[C@@H]4[C@H](O)C(C)=C[C@@H](C(=O)O1)[C@]34O)O2.O=C([O-])c1ccccc1. The van der Waals surface area contributed by atoms with E-state index in [1.165, 1.54) is 12.1 Å². The number of allylic oxidation sites excluding steroid dienone is 2. The van der Waals surface area contributed by atoms with Gasteiger partial charge in [-0.15, -0.1) is 0 Å². The number of aliphatic hydroxyl groups excluding tert-OH is 1. The van der Waals surface area contributed by atoms with Crippen molar-refractivity contribution in [2.24, 2.45) is 23.7 Å². The van der Waals surface area contributed by atoms with Crippen LogP contribution in [0.2, 0.25) is 0 Å². The maximum Gasteiger partial charge on any atom is 0.316 e. The van der Waals surface area contributed by atoms with Gasteiger partial charge in [-0.25, -0.2) is 0 Å². The fraction of sp³-hybridized carbons (Fsp3) is 0.679. The molecule has 7 aliphatic rings. The topological polar surface area (TPSA) is 207 Å². The number of methoxy groups -OCH3 is 2. The molecule has 1 aromatic carbocycles. The highest BCUT2D eigenvalue weighted by atomic mass is 16.7. The fourth-order valence-electron chi connectivity index (χ4n) is 11.7. The molecule has 400 valence electrons. The number of carbonyl (C=O) groups excluding carboxylic acids is 2. The smallest absolute Gasteiger partial charge is 0.316 e. The number of carboxylic acid groups (broad SMARTS) is 1. The molecule has 0 aromatic heterocycles. The monoisotopic (exact) mass is 1010 g/mol. The number of carbonyl (C=O) groups is 2. The summed E-state index contributed by atoms with van der Waals surface area (Å²) in [5.74, 6) is -3.63. The van der Waals surface area contributed by atoms with E-state index in [1.807, 2.05) is 39.1 Å². The first-order chi connectivity index (χ1) is 34.3. The van der Waals surface area contributed by atoms with Crippen molar-refractivity contribution in [2.75, 3.05) is 27.9 Å². The molecule has 1 aliphatic carbocycles. The van der Waals surface area contributed by atoms with Gasteiger partial charge in [0.25, 0.3) is 0 Å². The van der Waals surface area contributed by atoms with Crippen LogP contribution in [0.4, 0.5) is 0 Å². The second-order valence-corrected chi connectivity index (χ2v) is 21.0. The molecule has 72 heavy (non-hydrogen) atoms. The van der Waals surface area contributed by atoms with Crippen LogP contribution in [0.25, 0.3) is 0 Å². The molecule has 4 fully saturated rings. The molecule has 0 saturated carbocycles. The number of aromatic carboxylic acids is 1. The summed E-state index contributed by atoms with van der Waals surface area (Å²) >= 11 is 0. The molecule has 16 nitrogen and oxygen atoms in total. The fourth-order valence-corrected chi connectivity index (χ4v) is 11.7. The number of carboxylic acids is 1. The molecule has 4 saturated heterocycles. The van der Waals surface area contributed by atoms with Crippen molar-refractivity contribution in [2.45, 2.75) is 191 Å². The molecule has 20 atom stereocenters. The summed E-state index contributed by atoms with van der Waals surface area (Å²) in [6.45, 7) is 16.5. The number of esters is 1. The van der Waals surface area contributed by atoms with Gasteiger partial charge in [0, 0.05) is 51.7 Å². The quantitative estimate of drug-likeness (QED) is 0.216. The molecule has 0 amide bonds. The van der Waals surface area contributed by atoms with Crippen molar-refractivity contribution >= 4 is 11.9 Å². The predicted octanol–water partition coefficient (Wildman–Crippen LogP) is 4.63. The number of ether oxygens (including phenoxy) is 10. The molecule has 8 rings (SSSR count). The van der Waals surface area contributed by atoms with Gasteiger partial charge in [-0.1, -0.05) is 101 Å². The minimum Gasteiger partial charge on any atom is -0.545 e. The summed E-state index contributed by atoms with van der Waals surface area (Å²) in [4.78, 5) is 24.5. The second-order valence-electron chi connectivity index (χ2n) is 21.0. The van der Waals surface area contributed by atoms with Crippen LogP contribution in [-0.2, 0) is 52.2 Å². The van der Waals surface area contributed by atoms with Gasteiger partial charge in [0.05, 0.1) is 50.1 Å². The zero-order chi connectivity index (χ0) is 52.1. The molecule has 16 heteroatoms. The van der Waals surface area contributed by atoms with Crippen LogP contribution in [0.1, 0.15) is 104 Å². The molecule has 1 spiro atoms. The Kier molecular flexibility index (Phi) is 19.0. The summed E-state index contributed by atoms with van der Waals surface area (Å²) in [6, 6.07) is 8.23. The van der Waals surface area contributed by atoms with Gasteiger partial charge < -0.3 is 72.8 Å². The Morgan fingerprint density at radius 3 is 2.28 bits per heavy atom. The average Bonchev–Trinajstić information content (AvgIpc) is 3.70. The van der Waals surface area contributed by atoms with Crippen LogP contribution in [-0.4, -0.2) is 147 Å². The zero-order valence-corrected chi connectivity index (χ0v) is 44.0. The van der Waals surface area contributed by atoms with Crippen molar-refractivity contribution in [3.05, 3.63) is 95.1 Å². The Balaban J connectivity index is 0.000000761. The van der Waals surface area contributed by atoms with Crippen LogP contribution in [0.15, 0.2) is 89.6 Å². The number of nitrogens with two attached hydrogens (primary N) is 1. The molecule has 6 heterocycles. The Hall–Kier alpha value is -3.62. The Labute approximate surface area is 426 Å². The molecule has 6 aliphatic heterocycles. The van der Waals surface area contributed by atoms with Crippen LogP contribution < -0.4 is 10.4 Å². The van der Waals surface area contributed by atoms with Gasteiger partial charge in [-0.3, -0.25) is 4.79 Å². The van der Waals surface area contributed by atoms with Gasteiger partial charge in [0.2, 0.25) is 0 Å². The molecule has 0 unspecified atom stereocenters. The third-order valence-corrected chi connectivity index (χ3v) is 16.0. The van der Waals surface area contributed by atoms with Crippen molar-refractivity contribution in [1.82, 2.24) is 0 Å². The van der Waals surface area contributed by atoms with E-state index in [0.29, 0.717) is 43.3 Å².